The van der Waals surface area contributed by atoms with E-state index in [9.17, 15) is 4.39 Å². The third kappa shape index (κ3) is 8.35. The van der Waals surface area contributed by atoms with Gasteiger partial charge < -0.3 is 13.8 Å². The van der Waals surface area contributed by atoms with Crippen molar-refractivity contribution in [2.75, 3.05) is 0 Å². The standard InChI is InChI=1S/C43H34NO2.C12H9FN.Ir/c1-26(2)36-23-31(29-15-9-6-10-16-29)24-37(27(3)4)40(36)34-18-12-20-38-42(34)46-43(44-38)35-19-11-17-33-32-22-21-30(25-39(32)45-41(33)35)28-13-7-5-8-14-28;1-9-2-7-12(14-8-9)10-3-5-11(13)6-4-10;/h5-18,20-27H,1-4H3;2-3,5-8H,1H3;/q2*-1;/i;1D3;. The molecule has 0 saturated carbocycles. The van der Waals surface area contributed by atoms with Gasteiger partial charge in [0, 0.05) is 47.2 Å². The van der Waals surface area contributed by atoms with E-state index in [0.29, 0.717) is 29.0 Å². The van der Waals surface area contributed by atoms with Crippen molar-refractivity contribution in [3.05, 3.63) is 192 Å². The van der Waals surface area contributed by atoms with Crippen LogP contribution in [0.15, 0.2) is 167 Å². The second kappa shape index (κ2) is 17.6. The molecule has 3 aromatic heterocycles. The minimum Gasteiger partial charge on any atom is -0.500 e. The third-order valence-electron chi connectivity index (χ3n) is 10.8. The molecule has 7 aromatic carbocycles. The Labute approximate surface area is 373 Å². The summed E-state index contributed by atoms with van der Waals surface area (Å²) in [5, 5.41) is 2.08. The van der Waals surface area contributed by atoms with Gasteiger partial charge in [0.25, 0.3) is 0 Å². The fourth-order valence-corrected chi connectivity index (χ4v) is 7.79. The van der Waals surface area contributed by atoms with E-state index in [2.05, 4.69) is 148 Å². The van der Waals surface area contributed by atoms with Crippen LogP contribution in [0.5, 0.6) is 0 Å². The zero-order chi connectivity index (χ0) is 43.8. The second-order valence-corrected chi connectivity index (χ2v) is 15.5. The average molecular weight is 978 g/mol. The number of para-hydroxylation sites is 1. The predicted octanol–water partition coefficient (Wildman–Crippen LogP) is 15.4. The van der Waals surface area contributed by atoms with E-state index in [-0.39, 0.29) is 31.5 Å². The second-order valence-electron chi connectivity index (χ2n) is 15.5. The molecule has 3 heterocycles. The predicted molar refractivity (Wildman–Crippen MR) is 243 cm³/mol. The van der Waals surface area contributed by atoms with Crippen LogP contribution in [0.25, 0.3) is 89.1 Å². The largest absolute Gasteiger partial charge is 0.500 e. The van der Waals surface area contributed by atoms with Gasteiger partial charge in [-0.1, -0.05) is 142 Å². The van der Waals surface area contributed by atoms with Crippen molar-refractivity contribution in [3.8, 4) is 56.1 Å². The van der Waals surface area contributed by atoms with E-state index in [0.717, 1.165) is 55.3 Å². The molecule has 0 saturated heterocycles. The summed E-state index contributed by atoms with van der Waals surface area (Å²) in [5.41, 5.74) is 14.9. The molecule has 0 unspecified atom stereocenters. The zero-order valence-electron chi connectivity index (χ0n) is 37.1. The molecule has 0 aliphatic carbocycles. The number of halogens is 1. The Hall–Kier alpha value is -6.46. The topological polar surface area (TPSA) is 52.1 Å². The maximum atomic E-state index is 12.7. The molecule has 0 amide bonds. The summed E-state index contributed by atoms with van der Waals surface area (Å²) in [6.07, 6.45) is 1.31. The van der Waals surface area contributed by atoms with E-state index >= 15 is 0 Å². The Morgan fingerprint density at radius 1 is 0.639 bits per heavy atom. The van der Waals surface area contributed by atoms with Gasteiger partial charge in [-0.15, -0.1) is 48.0 Å². The molecule has 303 valence electrons. The molecule has 0 atom stereocenters. The summed E-state index contributed by atoms with van der Waals surface area (Å²) >= 11 is 0. The number of benzene rings is 7. The molecule has 6 heteroatoms. The number of furan rings is 1. The number of pyridine rings is 1. The average Bonchev–Trinajstić information content (AvgIpc) is 3.91. The Morgan fingerprint density at radius 3 is 2.00 bits per heavy atom. The van der Waals surface area contributed by atoms with Gasteiger partial charge in [-0.25, -0.2) is 0 Å². The fourth-order valence-electron chi connectivity index (χ4n) is 7.79. The number of fused-ring (bicyclic) bond motifs is 4. The molecule has 1 radical (unpaired) electrons. The smallest absolute Gasteiger partial charge is 0.149 e. The molecule has 0 aliphatic heterocycles. The van der Waals surface area contributed by atoms with Gasteiger partial charge in [0.2, 0.25) is 0 Å². The first-order valence-electron chi connectivity index (χ1n) is 21.6. The summed E-state index contributed by atoms with van der Waals surface area (Å²) in [6, 6.07) is 55.7. The van der Waals surface area contributed by atoms with Gasteiger partial charge in [-0.2, -0.15) is 0 Å². The van der Waals surface area contributed by atoms with Crippen LogP contribution >= 0.6 is 0 Å². The normalized spacial score (nSPS) is 12.2. The van der Waals surface area contributed by atoms with E-state index in [1.54, 1.807) is 12.1 Å². The number of hydrogen-bond donors (Lipinski definition) is 0. The number of hydrogen-bond acceptors (Lipinski definition) is 4. The van der Waals surface area contributed by atoms with Gasteiger partial charge >= 0.3 is 0 Å². The first kappa shape index (κ1) is 37.5. The van der Waals surface area contributed by atoms with Crippen LogP contribution in [0.3, 0.4) is 0 Å². The van der Waals surface area contributed by atoms with Gasteiger partial charge in [-0.3, -0.25) is 9.37 Å². The first-order chi connectivity index (χ1) is 30.4. The van der Waals surface area contributed by atoms with Crippen LogP contribution in [0, 0.1) is 24.8 Å². The first-order valence-corrected chi connectivity index (χ1v) is 20.1. The van der Waals surface area contributed by atoms with Gasteiger partial charge in [0.1, 0.15) is 17.1 Å². The van der Waals surface area contributed by atoms with Gasteiger partial charge in [0.15, 0.2) is 0 Å². The molecular formula is C55H43FIrN2O2-2. The number of nitrogens with zero attached hydrogens (tertiary/aromatic N) is 2. The Kier molecular flexibility index (Phi) is 10.9. The van der Waals surface area contributed by atoms with Crippen LogP contribution in [0.1, 0.15) is 60.3 Å². The molecule has 0 bridgehead atoms. The van der Waals surface area contributed by atoms with Crippen molar-refractivity contribution in [1.82, 2.24) is 9.97 Å². The summed E-state index contributed by atoms with van der Waals surface area (Å²) in [4.78, 5) is 9.04. The van der Waals surface area contributed by atoms with Gasteiger partial charge in [-0.05, 0) is 86.6 Å². The summed E-state index contributed by atoms with van der Waals surface area (Å²) < 4.78 is 47.6. The summed E-state index contributed by atoms with van der Waals surface area (Å²) in [5.74, 6) is 0.765. The molecule has 61 heavy (non-hydrogen) atoms. The van der Waals surface area contributed by atoms with E-state index in [1.165, 1.54) is 52.2 Å². The maximum Gasteiger partial charge on any atom is 0.149 e. The molecule has 0 N–H and O–H groups in total. The Bertz CT molecular complexity index is 3190. The number of rotatable bonds is 7. The molecule has 10 aromatic rings. The van der Waals surface area contributed by atoms with Crippen molar-refractivity contribution in [2.45, 2.75) is 46.4 Å². The Balaban J connectivity index is 0.000000262. The van der Waals surface area contributed by atoms with Crippen LogP contribution < -0.4 is 0 Å². The molecule has 0 aliphatic rings. The van der Waals surface area contributed by atoms with Crippen LogP contribution in [0.2, 0.25) is 0 Å². The molecule has 0 spiro atoms. The summed E-state index contributed by atoms with van der Waals surface area (Å²) in [7, 11) is 0. The molecule has 4 nitrogen and oxygen atoms in total. The summed E-state index contributed by atoms with van der Waals surface area (Å²) in [6.45, 7) is 6.92. The maximum absolute atomic E-state index is 12.7. The van der Waals surface area contributed by atoms with Gasteiger partial charge in [0.05, 0.1) is 11.1 Å². The monoisotopic (exact) mass is 978 g/mol. The molecular weight excluding hydrogens is 932 g/mol. The van der Waals surface area contributed by atoms with Crippen molar-refractivity contribution >= 4 is 33.0 Å². The van der Waals surface area contributed by atoms with E-state index < -0.39 is 6.85 Å². The van der Waals surface area contributed by atoms with Crippen molar-refractivity contribution < 1.29 is 37.4 Å². The quantitative estimate of drug-likeness (QED) is 0.149. The van der Waals surface area contributed by atoms with Crippen LogP contribution in [-0.4, -0.2) is 9.97 Å². The minimum atomic E-state index is -2.15. The SMILES string of the molecule is CC(C)c1cc(-c2ccccc2)cc(C(C)C)c1-c1cccc2nc(-c3[c-]ccc4c3oc3cc(-c5ccccc5)ccc34)oc12.[2H]C([2H])([2H])c1ccc(-c2[c-]cc(F)cc2)nc1.[Ir]. The van der Waals surface area contributed by atoms with Crippen molar-refractivity contribution in [2.24, 2.45) is 0 Å². The number of aryl methyl sites for hydroxylation is 1. The van der Waals surface area contributed by atoms with Crippen molar-refractivity contribution in [3.63, 3.8) is 0 Å². The van der Waals surface area contributed by atoms with E-state index in [1.807, 2.05) is 18.2 Å². The third-order valence-corrected chi connectivity index (χ3v) is 10.8. The minimum absolute atomic E-state index is 0. The number of oxazole rings is 1. The molecule has 10 rings (SSSR count). The zero-order valence-corrected chi connectivity index (χ0v) is 36.5. The Morgan fingerprint density at radius 2 is 1.36 bits per heavy atom. The fraction of sp³-hybridized carbons (Fsp3) is 0.127. The number of aromatic nitrogens is 2. The van der Waals surface area contributed by atoms with Crippen LogP contribution in [-0.2, 0) is 20.1 Å². The molecule has 0 fully saturated rings. The van der Waals surface area contributed by atoms with Crippen molar-refractivity contribution in [1.29, 1.82) is 0 Å². The van der Waals surface area contributed by atoms with Crippen LogP contribution in [0.4, 0.5) is 4.39 Å². The van der Waals surface area contributed by atoms with E-state index in [4.69, 9.17) is 17.9 Å².